The monoisotopic (exact) mass is 239 g/mol. The van der Waals surface area contributed by atoms with Crippen LogP contribution in [-0.4, -0.2) is 44.2 Å². The molecule has 17 heavy (non-hydrogen) atoms. The molecule has 0 unspecified atom stereocenters. The van der Waals surface area contributed by atoms with Crippen LogP contribution in [0.5, 0.6) is 0 Å². The summed E-state index contributed by atoms with van der Waals surface area (Å²) in [5, 5.41) is 15.0. The van der Waals surface area contributed by atoms with Gasteiger partial charge >= 0.3 is 5.97 Å². The van der Waals surface area contributed by atoms with Crippen LogP contribution in [0.2, 0.25) is 0 Å². The molecule has 1 aromatic heterocycles. The second-order valence-electron chi connectivity index (χ2n) is 4.76. The van der Waals surface area contributed by atoms with E-state index in [-0.39, 0.29) is 18.9 Å². The number of carboxylic acid groups (broad SMARTS) is 1. The van der Waals surface area contributed by atoms with Crippen LogP contribution in [0.15, 0.2) is 12.4 Å². The fourth-order valence-electron chi connectivity index (χ4n) is 1.47. The van der Waals surface area contributed by atoms with Crippen molar-refractivity contribution in [2.75, 3.05) is 6.54 Å². The second-order valence-corrected chi connectivity index (χ2v) is 4.76. The van der Waals surface area contributed by atoms with Crippen molar-refractivity contribution in [1.29, 1.82) is 0 Å². The number of H-pyrrole nitrogens is 1. The van der Waals surface area contributed by atoms with E-state index in [4.69, 9.17) is 5.11 Å². The van der Waals surface area contributed by atoms with Crippen LogP contribution in [0.3, 0.4) is 0 Å². The molecule has 0 radical (unpaired) electrons. The molecule has 1 aromatic rings. The predicted molar refractivity (Wildman–Crippen MR) is 61.6 cm³/mol. The Bertz CT molecular complexity index is 393. The minimum atomic E-state index is -0.917. The lowest BCUT2D eigenvalue weighted by atomic mass is 10.0. The third-order valence-corrected chi connectivity index (χ3v) is 2.35. The van der Waals surface area contributed by atoms with E-state index in [1.54, 1.807) is 0 Å². The fourth-order valence-corrected chi connectivity index (χ4v) is 1.47. The number of nitrogens with zero attached hydrogens (tertiary/aromatic N) is 2. The van der Waals surface area contributed by atoms with Gasteiger partial charge in [-0.1, -0.05) is 0 Å². The van der Waals surface area contributed by atoms with Crippen LogP contribution >= 0.6 is 0 Å². The van der Waals surface area contributed by atoms with E-state index in [2.05, 4.69) is 10.2 Å². The van der Waals surface area contributed by atoms with Crippen molar-refractivity contribution in [2.45, 2.75) is 32.7 Å². The first-order valence-corrected chi connectivity index (χ1v) is 5.35. The van der Waals surface area contributed by atoms with Crippen LogP contribution in [-0.2, 0) is 4.79 Å². The van der Waals surface area contributed by atoms with E-state index in [1.165, 1.54) is 17.3 Å². The standard InChI is InChI=1S/C11H17N3O3/c1-11(2,3)14(5-4-9(15)16)10(17)8-6-12-13-7-8/h6-7H,4-5H2,1-3H3,(H,12,13)(H,15,16). The molecule has 0 saturated carbocycles. The molecule has 0 saturated heterocycles. The van der Waals surface area contributed by atoms with Gasteiger partial charge in [0.2, 0.25) is 0 Å². The highest BCUT2D eigenvalue weighted by molar-refractivity contribution is 5.94. The number of nitrogens with one attached hydrogen (secondary N) is 1. The minimum absolute atomic E-state index is 0.0686. The lowest BCUT2D eigenvalue weighted by Crippen LogP contribution is -2.46. The molecule has 2 N–H and O–H groups in total. The molecule has 6 heteroatoms. The number of hydrogen-bond acceptors (Lipinski definition) is 3. The summed E-state index contributed by atoms with van der Waals surface area (Å²) in [4.78, 5) is 24.3. The molecule has 0 aromatic carbocycles. The second kappa shape index (κ2) is 4.99. The normalized spacial score (nSPS) is 11.2. The Kier molecular flexibility index (Phi) is 3.88. The van der Waals surface area contributed by atoms with Gasteiger partial charge in [0.15, 0.2) is 0 Å². The Balaban J connectivity index is 2.84. The summed E-state index contributed by atoms with van der Waals surface area (Å²) in [6.07, 6.45) is 2.87. The number of amides is 1. The number of aliphatic carboxylic acids is 1. The van der Waals surface area contributed by atoms with Crippen molar-refractivity contribution in [3.8, 4) is 0 Å². The van der Waals surface area contributed by atoms with Crippen molar-refractivity contribution < 1.29 is 14.7 Å². The summed E-state index contributed by atoms with van der Waals surface area (Å²) in [5.74, 6) is -1.13. The highest BCUT2D eigenvalue weighted by atomic mass is 16.4. The summed E-state index contributed by atoms with van der Waals surface area (Å²) < 4.78 is 0. The van der Waals surface area contributed by atoms with Gasteiger partial charge in [0, 0.05) is 18.3 Å². The third-order valence-electron chi connectivity index (χ3n) is 2.35. The lowest BCUT2D eigenvalue weighted by molar-refractivity contribution is -0.137. The van der Waals surface area contributed by atoms with Crippen LogP contribution < -0.4 is 0 Å². The number of aromatic nitrogens is 2. The zero-order chi connectivity index (χ0) is 13.1. The van der Waals surface area contributed by atoms with E-state index in [0.29, 0.717) is 5.56 Å². The number of aromatic amines is 1. The summed E-state index contributed by atoms with van der Waals surface area (Å²) >= 11 is 0. The maximum absolute atomic E-state index is 12.1. The summed E-state index contributed by atoms with van der Waals surface area (Å²) in [6, 6.07) is 0. The zero-order valence-electron chi connectivity index (χ0n) is 10.2. The SMILES string of the molecule is CC(C)(C)N(CCC(=O)O)C(=O)c1cn[nH]c1. The Morgan fingerprint density at radius 1 is 1.47 bits per heavy atom. The first-order valence-electron chi connectivity index (χ1n) is 5.35. The molecule has 94 valence electrons. The summed E-state index contributed by atoms with van der Waals surface area (Å²) in [5.41, 5.74) is 0.00869. The lowest BCUT2D eigenvalue weighted by Gasteiger charge is -2.35. The van der Waals surface area contributed by atoms with Gasteiger partial charge in [-0.25, -0.2) is 0 Å². The minimum Gasteiger partial charge on any atom is -0.481 e. The van der Waals surface area contributed by atoms with Crippen molar-refractivity contribution in [3.05, 3.63) is 18.0 Å². The smallest absolute Gasteiger partial charge is 0.305 e. The average molecular weight is 239 g/mol. The average Bonchev–Trinajstić information content (AvgIpc) is 2.67. The van der Waals surface area contributed by atoms with Crippen LogP contribution in [0, 0.1) is 0 Å². The van der Waals surface area contributed by atoms with Gasteiger partial charge < -0.3 is 10.0 Å². The van der Waals surface area contributed by atoms with E-state index >= 15 is 0 Å². The van der Waals surface area contributed by atoms with Gasteiger partial charge in [-0.15, -0.1) is 0 Å². The quantitative estimate of drug-likeness (QED) is 0.824. The van der Waals surface area contributed by atoms with Gasteiger partial charge in [0.05, 0.1) is 18.2 Å². The molecule has 0 aliphatic heterocycles. The molecular formula is C11H17N3O3. The van der Waals surface area contributed by atoms with Gasteiger partial charge in [0.1, 0.15) is 0 Å². The molecular weight excluding hydrogens is 222 g/mol. The molecule has 0 fully saturated rings. The van der Waals surface area contributed by atoms with Crippen LogP contribution in [0.25, 0.3) is 0 Å². The number of carboxylic acids is 1. The van der Waals surface area contributed by atoms with Crippen molar-refractivity contribution in [3.63, 3.8) is 0 Å². The molecule has 0 bridgehead atoms. The van der Waals surface area contributed by atoms with E-state index in [0.717, 1.165) is 0 Å². The molecule has 1 amide bonds. The number of carbonyl (C=O) groups excluding carboxylic acids is 1. The van der Waals surface area contributed by atoms with Crippen molar-refractivity contribution in [2.24, 2.45) is 0 Å². The molecule has 6 nitrogen and oxygen atoms in total. The Morgan fingerprint density at radius 2 is 2.12 bits per heavy atom. The first kappa shape index (κ1) is 13.2. The van der Waals surface area contributed by atoms with Gasteiger partial charge in [0.25, 0.3) is 5.91 Å². The summed E-state index contributed by atoms with van der Waals surface area (Å²) in [7, 11) is 0. The highest BCUT2D eigenvalue weighted by Gasteiger charge is 2.28. The Morgan fingerprint density at radius 3 is 2.53 bits per heavy atom. The van der Waals surface area contributed by atoms with E-state index in [1.807, 2.05) is 20.8 Å². The van der Waals surface area contributed by atoms with Crippen LogP contribution in [0.4, 0.5) is 0 Å². The molecule has 0 atom stereocenters. The molecule has 1 heterocycles. The Hall–Kier alpha value is -1.85. The van der Waals surface area contributed by atoms with E-state index in [9.17, 15) is 9.59 Å². The fraction of sp³-hybridized carbons (Fsp3) is 0.545. The maximum Gasteiger partial charge on any atom is 0.305 e. The number of rotatable bonds is 4. The molecule has 0 spiro atoms. The molecule has 0 aliphatic rings. The van der Waals surface area contributed by atoms with Gasteiger partial charge in [-0.3, -0.25) is 14.7 Å². The zero-order valence-corrected chi connectivity index (χ0v) is 10.2. The summed E-state index contributed by atoms with van der Waals surface area (Å²) in [6.45, 7) is 5.79. The predicted octanol–water partition coefficient (Wildman–Crippen LogP) is 1.13. The number of hydrogen-bond donors (Lipinski definition) is 2. The Labute approximate surface area is 99.6 Å². The first-order chi connectivity index (χ1) is 7.82. The van der Waals surface area contributed by atoms with Crippen molar-refractivity contribution >= 4 is 11.9 Å². The molecule has 0 aliphatic carbocycles. The van der Waals surface area contributed by atoms with Crippen LogP contribution in [0.1, 0.15) is 37.6 Å². The van der Waals surface area contributed by atoms with Gasteiger partial charge in [-0.05, 0) is 20.8 Å². The highest BCUT2D eigenvalue weighted by Crippen LogP contribution is 2.17. The topological polar surface area (TPSA) is 86.3 Å². The largest absolute Gasteiger partial charge is 0.481 e. The number of carbonyl (C=O) groups is 2. The molecule has 1 rings (SSSR count). The van der Waals surface area contributed by atoms with E-state index < -0.39 is 11.5 Å². The maximum atomic E-state index is 12.1. The third kappa shape index (κ3) is 3.58. The van der Waals surface area contributed by atoms with Crippen molar-refractivity contribution in [1.82, 2.24) is 15.1 Å². The van der Waals surface area contributed by atoms with Gasteiger partial charge in [-0.2, -0.15) is 5.10 Å².